The zero-order chi connectivity index (χ0) is 20.5. The van der Waals surface area contributed by atoms with Crippen LogP contribution in [-0.4, -0.2) is 42.4 Å². The van der Waals surface area contributed by atoms with Crippen LogP contribution in [0.25, 0.3) is 11.1 Å². The average Bonchev–Trinajstić information content (AvgIpc) is 2.95. The van der Waals surface area contributed by atoms with Gasteiger partial charge in [-0.1, -0.05) is 48.5 Å². The fourth-order valence-corrected chi connectivity index (χ4v) is 3.59. The second-order valence-corrected chi connectivity index (χ2v) is 7.79. The number of benzene rings is 2. The first kappa shape index (κ1) is 20.0. The van der Waals surface area contributed by atoms with Crippen molar-refractivity contribution in [2.75, 3.05) is 13.7 Å². The smallest absolute Gasteiger partial charge is 0.335 e. The van der Waals surface area contributed by atoms with E-state index in [0.29, 0.717) is 11.1 Å². The number of nitrogens with one attached hydrogen (secondary N) is 1. The lowest BCUT2D eigenvalue weighted by molar-refractivity contribution is -0.150. The molecule has 2 N–H and O–H groups in total. The second kappa shape index (κ2) is 7.37. The van der Waals surface area contributed by atoms with Crippen molar-refractivity contribution in [3.63, 3.8) is 0 Å². The van der Waals surface area contributed by atoms with Crippen LogP contribution in [0.5, 0.6) is 0 Å². The third kappa shape index (κ3) is 3.41. The predicted octanol–water partition coefficient (Wildman–Crippen LogP) is 2.94. The predicted molar refractivity (Wildman–Crippen MR) is 105 cm³/mol. The Bertz CT molecular complexity index is 854. The fraction of sp³-hybridized carbons (Fsp3) is 0.364. The molecule has 1 aliphatic rings. The minimum Gasteiger partial charge on any atom is -0.480 e. The molecule has 1 atom stereocenters. The molecule has 148 valence electrons. The molecule has 0 radical (unpaired) electrons. The largest absolute Gasteiger partial charge is 0.480 e. The van der Waals surface area contributed by atoms with Crippen LogP contribution in [0.1, 0.15) is 31.9 Å². The molecule has 0 spiro atoms. The SMILES string of the molecule is COC(=O)C1(N[C@H](COC(C)(C)C)C(=O)O)c2ccccc2-c2ccccc21. The molecule has 0 saturated carbocycles. The number of hydrogen-bond acceptors (Lipinski definition) is 5. The summed E-state index contributed by atoms with van der Waals surface area (Å²) in [5.74, 6) is -1.67. The van der Waals surface area contributed by atoms with Crippen molar-refractivity contribution >= 4 is 11.9 Å². The van der Waals surface area contributed by atoms with Gasteiger partial charge in [-0.05, 0) is 43.0 Å². The summed E-state index contributed by atoms with van der Waals surface area (Å²) in [6, 6.07) is 13.8. The number of aliphatic carboxylic acids is 1. The number of ether oxygens (including phenoxy) is 2. The summed E-state index contributed by atoms with van der Waals surface area (Å²) in [7, 11) is 1.30. The minimum atomic E-state index is -1.42. The number of carbonyl (C=O) groups excluding carboxylic acids is 1. The van der Waals surface area contributed by atoms with E-state index in [2.05, 4.69) is 5.32 Å². The molecule has 2 aromatic rings. The van der Waals surface area contributed by atoms with Crippen LogP contribution in [0.2, 0.25) is 0 Å². The van der Waals surface area contributed by atoms with E-state index < -0.39 is 29.1 Å². The van der Waals surface area contributed by atoms with Crippen LogP contribution in [0.3, 0.4) is 0 Å². The lowest BCUT2D eigenvalue weighted by Gasteiger charge is -2.34. The van der Waals surface area contributed by atoms with E-state index in [1.165, 1.54) is 7.11 Å². The normalized spacial score (nSPS) is 15.4. The molecule has 0 fully saturated rings. The summed E-state index contributed by atoms with van der Waals surface area (Å²) in [4.78, 5) is 25.1. The van der Waals surface area contributed by atoms with Crippen molar-refractivity contribution in [2.45, 2.75) is 38.0 Å². The number of carboxylic acid groups (broad SMARTS) is 1. The van der Waals surface area contributed by atoms with Gasteiger partial charge in [-0.25, -0.2) is 4.79 Å². The summed E-state index contributed by atoms with van der Waals surface area (Å²) >= 11 is 0. The first-order valence-electron chi connectivity index (χ1n) is 9.13. The Labute approximate surface area is 164 Å². The molecule has 28 heavy (non-hydrogen) atoms. The van der Waals surface area contributed by atoms with Crippen molar-refractivity contribution in [3.05, 3.63) is 59.7 Å². The number of carbonyl (C=O) groups is 2. The van der Waals surface area contributed by atoms with Gasteiger partial charge in [0, 0.05) is 0 Å². The van der Waals surface area contributed by atoms with Crippen molar-refractivity contribution < 1.29 is 24.2 Å². The quantitative estimate of drug-likeness (QED) is 0.746. The van der Waals surface area contributed by atoms with Gasteiger partial charge in [-0.15, -0.1) is 0 Å². The Morgan fingerprint density at radius 3 is 1.96 bits per heavy atom. The van der Waals surface area contributed by atoms with Gasteiger partial charge < -0.3 is 14.6 Å². The number of rotatable bonds is 6. The highest BCUT2D eigenvalue weighted by atomic mass is 16.5. The maximum Gasteiger partial charge on any atom is 0.335 e. The van der Waals surface area contributed by atoms with Gasteiger partial charge in [0.15, 0.2) is 5.54 Å². The Hall–Kier alpha value is -2.70. The van der Waals surface area contributed by atoms with E-state index in [0.717, 1.165) is 11.1 Å². The van der Waals surface area contributed by atoms with Crippen molar-refractivity contribution in [1.82, 2.24) is 5.32 Å². The van der Waals surface area contributed by atoms with Gasteiger partial charge in [-0.3, -0.25) is 10.1 Å². The van der Waals surface area contributed by atoms with Crippen LogP contribution in [0.15, 0.2) is 48.5 Å². The topological polar surface area (TPSA) is 84.9 Å². The Kier molecular flexibility index (Phi) is 5.28. The maximum absolute atomic E-state index is 13.1. The lowest BCUT2D eigenvalue weighted by atomic mass is 9.86. The van der Waals surface area contributed by atoms with Crippen molar-refractivity contribution in [2.24, 2.45) is 0 Å². The zero-order valence-corrected chi connectivity index (χ0v) is 16.5. The third-order valence-corrected chi connectivity index (χ3v) is 4.82. The molecule has 0 aliphatic heterocycles. The highest BCUT2D eigenvalue weighted by Gasteiger charge is 2.52. The maximum atomic E-state index is 13.1. The summed E-state index contributed by atoms with van der Waals surface area (Å²) in [5.41, 5.74) is 1.15. The summed E-state index contributed by atoms with van der Waals surface area (Å²) in [6.07, 6.45) is 0. The van der Waals surface area contributed by atoms with Crippen LogP contribution < -0.4 is 5.32 Å². The molecule has 0 heterocycles. The van der Waals surface area contributed by atoms with Crippen LogP contribution >= 0.6 is 0 Å². The second-order valence-electron chi connectivity index (χ2n) is 7.79. The molecule has 0 amide bonds. The van der Waals surface area contributed by atoms with Gasteiger partial charge in [0.1, 0.15) is 6.04 Å². The van der Waals surface area contributed by atoms with Crippen molar-refractivity contribution in [3.8, 4) is 11.1 Å². The van der Waals surface area contributed by atoms with Gasteiger partial charge in [0.2, 0.25) is 0 Å². The van der Waals surface area contributed by atoms with Crippen molar-refractivity contribution in [1.29, 1.82) is 0 Å². The number of carboxylic acids is 1. The van der Waals surface area contributed by atoms with E-state index >= 15 is 0 Å². The third-order valence-electron chi connectivity index (χ3n) is 4.82. The highest BCUT2D eigenvalue weighted by Crippen LogP contribution is 2.48. The molecule has 1 aliphatic carbocycles. The van der Waals surface area contributed by atoms with E-state index in [4.69, 9.17) is 9.47 Å². The van der Waals surface area contributed by atoms with E-state index in [1.807, 2.05) is 69.3 Å². The van der Waals surface area contributed by atoms with E-state index in [1.54, 1.807) is 0 Å². The van der Waals surface area contributed by atoms with Gasteiger partial charge in [-0.2, -0.15) is 0 Å². The zero-order valence-electron chi connectivity index (χ0n) is 16.5. The average molecular weight is 383 g/mol. The van der Waals surface area contributed by atoms with E-state index in [9.17, 15) is 14.7 Å². The molecule has 0 bridgehead atoms. The first-order valence-corrected chi connectivity index (χ1v) is 9.13. The molecular formula is C22H25NO5. The van der Waals surface area contributed by atoms with Crippen LogP contribution in [0, 0.1) is 0 Å². The van der Waals surface area contributed by atoms with Crippen LogP contribution in [0.4, 0.5) is 0 Å². The number of hydrogen-bond donors (Lipinski definition) is 2. The number of fused-ring (bicyclic) bond motifs is 3. The minimum absolute atomic E-state index is 0.0953. The van der Waals surface area contributed by atoms with Gasteiger partial charge in [0.25, 0.3) is 0 Å². The van der Waals surface area contributed by atoms with Gasteiger partial charge in [0.05, 0.1) is 19.3 Å². The molecule has 0 saturated heterocycles. The molecule has 6 nitrogen and oxygen atoms in total. The molecule has 3 rings (SSSR count). The molecule has 6 heteroatoms. The Balaban J connectivity index is 2.14. The molecule has 2 aromatic carbocycles. The first-order chi connectivity index (χ1) is 13.2. The Morgan fingerprint density at radius 2 is 1.54 bits per heavy atom. The molecule has 0 aromatic heterocycles. The Morgan fingerprint density at radius 1 is 1.04 bits per heavy atom. The molecule has 0 unspecified atom stereocenters. The summed E-state index contributed by atoms with van der Waals surface area (Å²) in [5, 5.41) is 12.9. The monoisotopic (exact) mass is 383 g/mol. The van der Waals surface area contributed by atoms with Gasteiger partial charge >= 0.3 is 11.9 Å². The highest BCUT2D eigenvalue weighted by molar-refractivity contribution is 5.98. The number of methoxy groups -OCH3 is 1. The number of esters is 1. The van der Waals surface area contributed by atoms with Crippen LogP contribution in [-0.2, 0) is 24.6 Å². The molecular weight excluding hydrogens is 358 g/mol. The standard InChI is InChI=1S/C22H25NO5/c1-21(2,3)28-13-18(19(24)25)23-22(20(26)27-4)16-11-7-5-9-14(16)15-10-6-8-12-17(15)22/h5-12,18,23H,13H2,1-4H3,(H,24,25)/t18-/m1/s1. The lowest BCUT2D eigenvalue weighted by Crippen LogP contribution is -2.57. The van der Waals surface area contributed by atoms with E-state index in [-0.39, 0.29) is 6.61 Å². The summed E-state index contributed by atoms with van der Waals surface area (Å²) < 4.78 is 10.8. The fourth-order valence-electron chi connectivity index (χ4n) is 3.59. The summed E-state index contributed by atoms with van der Waals surface area (Å²) in [6.45, 7) is 5.45.